The maximum atomic E-state index is 12.8. The van der Waals surface area contributed by atoms with Crippen LogP contribution >= 0.6 is 0 Å². The number of nitrogens with zero attached hydrogens (tertiary/aromatic N) is 3. The van der Waals surface area contributed by atoms with Gasteiger partial charge in [-0.25, -0.2) is 4.98 Å². The summed E-state index contributed by atoms with van der Waals surface area (Å²) in [6, 6.07) is 5.66. The van der Waals surface area contributed by atoms with E-state index in [1.54, 1.807) is 6.33 Å². The molecular formula is C18H23N3O3. The van der Waals surface area contributed by atoms with Crippen molar-refractivity contribution in [1.82, 2.24) is 14.5 Å². The minimum absolute atomic E-state index is 0.0303. The predicted molar refractivity (Wildman–Crippen MR) is 89.8 cm³/mol. The zero-order chi connectivity index (χ0) is 16.7. The summed E-state index contributed by atoms with van der Waals surface area (Å²) in [5.41, 5.74) is 2.08. The normalized spacial score (nSPS) is 23.8. The summed E-state index contributed by atoms with van der Waals surface area (Å²) < 4.78 is 7.85. The second-order valence-electron chi connectivity index (χ2n) is 6.92. The van der Waals surface area contributed by atoms with Crippen LogP contribution < -0.4 is 0 Å². The van der Waals surface area contributed by atoms with Crippen molar-refractivity contribution in [3.05, 3.63) is 30.1 Å². The van der Waals surface area contributed by atoms with Crippen LogP contribution in [0.25, 0.3) is 11.0 Å². The Kier molecular flexibility index (Phi) is 3.81. The van der Waals surface area contributed by atoms with E-state index in [-0.39, 0.29) is 5.91 Å². The highest BCUT2D eigenvalue weighted by Crippen LogP contribution is 2.35. The SMILES string of the molecule is Cn1cnc2cc(C(=O)N3CCC4(CC3)OCCCC4O)ccc21. The molecule has 4 rings (SSSR count). The Morgan fingerprint density at radius 2 is 2.17 bits per heavy atom. The van der Waals surface area contributed by atoms with Crippen LogP contribution in [0.4, 0.5) is 0 Å². The van der Waals surface area contributed by atoms with Crippen LogP contribution in [0.1, 0.15) is 36.0 Å². The Labute approximate surface area is 141 Å². The van der Waals surface area contributed by atoms with Gasteiger partial charge in [0.1, 0.15) is 0 Å². The van der Waals surface area contributed by atoms with Gasteiger partial charge in [0.15, 0.2) is 0 Å². The molecular weight excluding hydrogens is 306 g/mol. The molecule has 3 heterocycles. The fraction of sp³-hybridized carbons (Fsp3) is 0.556. The van der Waals surface area contributed by atoms with Crippen LogP contribution in [-0.2, 0) is 11.8 Å². The average molecular weight is 329 g/mol. The molecule has 0 saturated carbocycles. The number of piperidine rings is 1. The van der Waals surface area contributed by atoms with Gasteiger partial charge in [-0.1, -0.05) is 0 Å². The van der Waals surface area contributed by atoms with Crippen molar-refractivity contribution in [1.29, 1.82) is 0 Å². The number of ether oxygens (including phenoxy) is 1. The number of hydrogen-bond donors (Lipinski definition) is 1. The third kappa shape index (κ3) is 2.50. The predicted octanol–water partition coefficient (Wildman–Crippen LogP) is 1.72. The largest absolute Gasteiger partial charge is 0.390 e. The lowest BCUT2D eigenvalue weighted by Crippen LogP contribution is -2.56. The number of amides is 1. The van der Waals surface area contributed by atoms with Crippen molar-refractivity contribution >= 4 is 16.9 Å². The molecule has 1 aromatic carbocycles. The summed E-state index contributed by atoms with van der Waals surface area (Å²) in [5, 5.41) is 10.3. The molecule has 0 radical (unpaired) electrons. The molecule has 2 saturated heterocycles. The van der Waals surface area contributed by atoms with Crippen molar-refractivity contribution < 1.29 is 14.6 Å². The molecule has 2 aliphatic heterocycles. The summed E-state index contributed by atoms with van der Waals surface area (Å²) >= 11 is 0. The van der Waals surface area contributed by atoms with Gasteiger partial charge >= 0.3 is 0 Å². The van der Waals surface area contributed by atoms with Crippen LogP contribution in [0.5, 0.6) is 0 Å². The first-order valence-corrected chi connectivity index (χ1v) is 8.61. The Bertz CT molecular complexity index is 762. The number of rotatable bonds is 1. The third-order valence-electron chi connectivity index (χ3n) is 5.49. The monoisotopic (exact) mass is 329 g/mol. The molecule has 1 amide bonds. The number of imidazole rings is 1. The van der Waals surface area contributed by atoms with E-state index < -0.39 is 11.7 Å². The van der Waals surface area contributed by atoms with Crippen LogP contribution in [-0.4, -0.2) is 56.9 Å². The molecule has 1 unspecified atom stereocenters. The lowest BCUT2D eigenvalue weighted by molar-refractivity contribution is -0.174. The van der Waals surface area contributed by atoms with Crippen molar-refractivity contribution in [2.24, 2.45) is 7.05 Å². The van der Waals surface area contributed by atoms with Gasteiger partial charge in [-0.3, -0.25) is 4.79 Å². The van der Waals surface area contributed by atoms with E-state index in [2.05, 4.69) is 4.98 Å². The van der Waals surface area contributed by atoms with Gasteiger partial charge in [0.25, 0.3) is 5.91 Å². The summed E-state index contributed by atoms with van der Waals surface area (Å²) in [4.78, 5) is 19.0. The molecule has 6 nitrogen and oxygen atoms in total. The molecule has 2 fully saturated rings. The summed E-state index contributed by atoms with van der Waals surface area (Å²) in [6.07, 6.45) is 4.45. The van der Waals surface area contributed by atoms with Gasteiger partial charge in [-0.05, 0) is 43.9 Å². The molecule has 1 aromatic heterocycles. The summed E-state index contributed by atoms with van der Waals surface area (Å²) in [7, 11) is 1.94. The average Bonchev–Trinajstić information content (AvgIpc) is 2.98. The highest BCUT2D eigenvalue weighted by atomic mass is 16.5. The van der Waals surface area contributed by atoms with Gasteiger partial charge in [0.05, 0.1) is 29.1 Å². The highest BCUT2D eigenvalue weighted by Gasteiger charge is 2.44. The van der Waals surface area contributed by atoms with Crippen molar-refractivity contribution in [3.63, 3.8) is 0 Å². The molecule has 2 aliphatic rings. The topological polar surface area (TPSA) is 67.6 Å². The zero-order valence-electron chi connectivity index (χ0n) is 13.9. The Hall–Kier alpha value is -1.92. The lowest BCUT2D eigenvalue weighted by Gasteiger charge is -2.46. The number of hydrogen-bond acceptors (Lipinski definition) is 4. The fourth-order valence-electron chi connectivity index (χ4n) is 3.93. The number of aryl methyl sites for hydroxylation is 1. The van der Waals surface area contributed by atoms with E-state index in [0.717, 1.165) is 23.9 Å². The molecule has 128 valence electrons. The van der Waals surface area contributed by atoms with E-state index in [0.29, 0.717) is 38.1 Å². The smallest absolute Gasteiger partial charge is 0.253 e. The first-order chi connectivity index (χ1) is 11.6. The zero-order valence-corrected chi connectivity index (χ0v) is 13.9. The number of carbonyl (C=O) groups is 1. The van der Waals surface area contributed by atoms with E-state index in [1.165, 1.54) is 0 Å². The van der Waals surface area contributed by atoms with Crippen molar-refractivity contribution in [2.45, 2.75) is 37.4 Å². The van der Waals surface area contributed by atoms with Crippen LogP contribution in [0.3, 0.4) is 0 Å². The minimum Gasteiger partial charge on any atom is -0.390 e. The second-order valence-corrected chi connectivity index (χ2v) is 6.92. The van der Waals surface area contributed by atoms with Gasteiger partial charge in [0.2, 0.25) is 0 Å². The van der Waals surface area contributed by atoms with Crippen LogP contribution in [0.15, 0.2) is 24.5 Å². The fourth-order valence-corrected chi connectivity index (χ4v) is 3.93. The van der Waals surface area contributed by atoms with Gasteiger partial charge in [-0.15, -0.1) is 0 Å². The molecule has 1 N–H and O–H groups in total. The van der Waals surface area contributed by atoms with Crippen molar-refractivity contribution in [3.8, 4) is 0 Å². The summed E-state index contributed by atoms with van der Waals surface area (Å²) in [6.45, 7) is 1.95. The standard InChI is InChI=1S/C18H23N3O3/c1-20-12-19-14-11-13(4-5-15(14)20)17(23)21-8-6-18(7-9-21)16(22)3-2-10-24-18/h4-5,11-12,16,22H,2-3,6-10H2,1H3. The molecule has 0 aliphatic carbocycles. The molecule has 1 atom stereocenters. The number of benzene rings is 1. The summed E-state index contributed by atoms with van der Waals surface area (Å²) in [5.74, 6) is 0.0303. The van der Waals surface area contributed by atoms with E-state index >= 15 is 0 Å². The van der Waals surface area contributed by atoms with Gasteiger partial charge in [-0.2, -0.15) is 0 Å². The Morgan fingerprint density at radius 3 is 2.92 bits per heavy atom. The maximum absolute atomic E-state index is 12.8. The lowest BCUT2D eigenvalue weighted by atomic mass is 9.82. The van der Waals surface area contributed by atoms with Gasteiger partial charge < -0.3 is 19.3 Å². The van der Waals surface area contributed by atoms with E-state index in [4.69, 9.17) is 4.74 Å². The number of aliphatic hydroxyl groups is 1. The third-order valence-corrected chi connectivity index (χ3v) is 5.49. The Balaban J connectivity index is 1.49. The number of likely N-dealkylation sites (tertiary alicyclic amines) is 1. The molecule has 6 heteroatoms. The maximum Gasteiger partial charge on any atom is 0.253 e. The second kappa shape index (κ2) is 5.86. The van der Waals surface area contributed by atoms with E-state index in [1.807, 2.05) is 34.7 Å². The van der Waals surface area contributed by atoms with E-state index in [9.17, 15) is 9.90 Å². The van der Waals surface area contributed by atoms with Crippen LogP contribution in [0.2, 0.25) is 0 Å². The molecule has 2 aromatic rings. The Morgan fingerprint density at radius 1 is 1.38 bits per heavy atom. The quantitative estimate of drug-likeness (QED) is 0.865. The minimum atomic E-state index is -0.444. The van der Waals surface area contributed by atoms with Crippen LogP contribution in [0, 0.1) is 0 Å². The number of fused-ring (bicyclic) bond motifs is 1. The first kappa shape index (κ1) is 15.6. The highest BCUT2D eigenvalue weighted by molar-refractivity contribution is 5.97. The first-order valence-electron chi connectivity index (χ1n) is 8.61. The van der Waals surface area contributed by atoms with Crippen molar-refractivity contribution in [2.75, 3.05) is 19.7 Å². The van der Waals surface area contributed by atoms with Gasteiger partial charge in [0, 0.05) is 32.3 Å². The number of carbonyl (C=O) groups excluding carboxylic acids is 1. The molecule has 24 heavy (non-hydrogen) atoms. The molecule has 1 spiro atoms. The number of aromatic nitrogens is 2. The molecule has 0 bridgehead atoms. The number of aliphatic hydroxyl groups excluding tert-OH is 1.